The van der Waals surface area contributed by atoms with Gasteiger partial charge in [0.1, 0.15) is 5.78 Å². The number of carbonyl (C=O) groups is 1. The van der Waals surface area contributed by atoms with E-state index < -0.39 is 0 Å². The molecule has 0 aromatic heterocycles. The maximum absolute atomic E-state index is 12.4. The van der Waals surface area contributed by atoms with Crippen molar-refractivity contribution in [2.75, 3.05) is 0 Å². The third-order valence-corrected chi connectivity index (χ3v) is 5.32. The fourth-order valence-electron chi connectivity index (χ4n) is 3.81. The fraction of sp³-hybridized carbons (Fsp3) is 0.565. The molecular formula is C23H33O2Y-. The van der Waals surface area contributed by atoms with Crippen LogP contribution in [0.15, 0.2) is 36.4 Å². The van der Waals surface area contributed by atoms with Crippen molar-refractivity contribution in [3.8, 4) is 0 Å². The number of benzene rings is 1. The summed E-state index contributed by atoms with van der Waals surface area (Å²) in [5.74, 6) is 0.802. The zero-order chi connectivity index (χ0) is 18.1. The number of carbonyl (C=O) groups excluding carboxylic acids is 1. The Hall–Kier alpha value is -0.306. The molecule has 1 aromatic rings. The van der Waals surface area contributed by atoms with Crippen molar-refractivity contribution in [3.05, 3.63) is 54.5 Å². The smallest absolute Gasteiger partial charge is 0.140 e. The number of Topliss-reactive ketones (excluding diaryl/α,β-unsaturated/α-hetero) is 1. The van der Waals surface area contributed by atoms with Crippen LogP contribution in [0.5, 0.6) is 0 Å². The third kappa shape index (κ3) is 7.02. The number of hydrogen-bond acceptors (Lipinski definition) is 2. The monoisotopic (exact) mass is 430 g/mol. The van der Waals surface area contributed by atoms with Crippen molar-refractivity contribution in [3.63, 3.8) is 0 Å². The first kappa shape index (κ1) is 23.7. The first-order valence-electron chi connectivity index (χ1n) is 9.92. The van der Waals surface area contributed by atoms with Gasteiger partial charge in [0, 0.05) is 45.0 Å². The Kier molecular flexibility index (Phi) is 11.8. The van der Waals surface area contributed by atoms with Crippen LogP contribution in [0.4, 0.5) is 0 Å². The Labute approximate surface area is 184 Å². The van der Waals surface area contributed by atoms with Gasteiger partial charge in [0.05, 0.1) is 6.10 Å². The second-order valence-electron chi connectivity index (χ2n) is 7.27. The number of ketones is 1. The Morgan fingerprint density at radius 1 is 1.23 bits per heavy atom. The van der Waals surface area contributed by atoms with Crippen molar-refractivity contribution in [2.45, 2.75) is 76.7 Å². The van der Waals surface area contributed by atoms with E-state index in [0.29, 0.717) is 18.1 Å². The van der Waals surface area contributed by atoms with Crippen molar-refractivity contribution < 1.29 is 42.6 Å². The molecule has 0 amide bonds. The fourth-order valence-corrected chi connectivity index (χ4v) is 3.81. The van der Waals surface area contributed by atoms with Crippen LogP contribution < -0.4 is 0 Å². The van der Waals surface area contributed by atoms with Crippen LogP contribution in [0.2, 0.25) is 0 Å². The standard InChI is InChI=1S/C23H33O2.Y/c1-3-5-7-9-10-19-16-17-22(25)23(19)20-14-12-18(13-15-20)21(24)11-8-6-4-2;/h7,9,12-15,19,21,23-24H,1,3-6,8,10-11,16-17H2,2H3;/q-1;/b9-7-;/t19-,21?,23-;/m0./s1. The second-order valence-corrected chi connectivity index (χ2v) is 7.27. The molecular weight excluding hydrogens is 397 g/mol. The predicted octanol–water partition coefficient (Wildman–Crippen LogP) is 5.92. The number of allylic oxidation sites excluding steroid dienone is 2. The van der Waals surface area contributed by atoms with Gasteiger partial charge >= 0.3 is 0 Å². The van der Waals surface area contributed by atoms with Gasteiger partial charge in [-0.2, -0.15) is 6.42 Å². The number of aliphatic hydroxyl groups excluding tert-OH is 1. The Morgan fingerprint density at radius 3 is 2.62 bits per heavy atom. The van der Waals surface area contributed by atoms with Gasteiger partial charge < -0.3 is 12.0 Å². The molecule has 2 rings (SSSR count). The molecule has 1 fully saturated rings. The summed E-state index contributed by atoms with van der Waals surface area (Å²) >= 11 is 0. The zero-order valence-electron chi connectivity index (χ0n) is 16.2. The van der Waals surface area contributed by atoms with Crippen LogP contribution in [0, 0.1) is 12.8 Å². The van der Waals surface area contributed by atoms with Gasteiger partial charge in [-0.25, -0.2) is 0 Å². The minimum atomic E-state index is -0.388. The molecule has 0 heterocycles. The van der Waals surface area contributed by atoms with Crippen molar-refractivity contribution in [2.24, 2.45) is 5.92 Å². The summed E-state index contributed by atoms with van der Waals surface area (Å²) in [6, 6.07) is 8.12. The van der Waals surface area contributed by atoms with Crippen LogP contribution in [0.25, 0.3) is 0 Å². The van der Waals surface area contributed by atoms with Crippen molar-refractivity contribution in [1.82, 2.24) is 0 Å². The molecule has 3 heteroatoms. The number of hydrogen-bond donors (Lipinski definition) is 1. The average molecular weight is 430 g/mol. The molecule has 1 saturated carbocycles. The molecule has 0 bridgehead atoms. The van der Waals surface area contributed by atoms with E-state index in [1.165, 1.54) is 6.42 Å². The third-order valence-electron chi connectivity index (χ3n) is 5.32. The molecule has 1 unspecified atom stereocenters. The molecule has 0 saturated heterocycles. The van der Waals surface area contributed by atoms with Crippen LogP contribution in [0.1, 0.15) is 87.9 Å². The number of rotatable bonds is 10. The number of unbranched alkanes of at least 4 members (excludes halogenated alkanes) is 3. The molecule has 1 N–H and O–H groups in total. The first-order chi connectivity index (χ1) is 12.2. The predicted molar refractivity (Wildman–Crippen MR) is 104 cm³/mol. The maximum atomic E-state index is 12.4. The van der Waals surface area contributed by atoms with Crippen LogP contribution in [-0.4, -0.2) is 10.9 Å². The molecule has 2 nitrogen and oxygen atoms in total. The molecule has 26 heavy (non-hydrogen) atoms. The van der Waals surface area contributed by atoms with Gasteiger partial charge in [0.25, 0.3) is 0 Å². The molecule has 1 aliphatic carbocycles. The molecule has 141 valence electrons. The van der Waals surface area contributed by atoms with E-state index in [1.807, 2.05) is 12.1 Å². The molecule has 0 spiro atoms. The number of aliphatic hydroxyl groups is 1. The van der Waals surface area contributed by atoms with Crippen molar-refractivity contribution in [1.29, 1.82) is 0 Å². The Balaban J connectivity index is 0.00000338. The molecule has 1 aliphatic rings. The summed E-state index contributed by atoms with van der Waals surface area (Å²) in [7, 11) is 0. The van der Waals surface area contributed by atoms with Crippen LogP contribution in [-0.2, 0) is 37.5 Å². The normalized spacial score (nSPS) is 21.1. The molecule has 1 radical (unpaired) electrons. The summed E-state index contributed by atoms with van der Waals surface area (Å²) in [4.78, 5) is 12.4. The summed E-state index contributed by atoms with van der Waals surface area (Å²) in [6.45, 7) is 6.02. The summed E-state index contributed by atoms with van der Waals surface area (Å²) in [5, 5.41) is 10.3. The van der Waals surface area contributed by atoms with E-state index >= 15 is 0 Å². The largest absolute Gasteiger partial charge is 0.388 e. The Bertz CT molecular complexity index is 550. The van der Waals surface area contributed by atoms with E-state index in [-0.39, 0.29) is 44.7 Å². The van der Waals surface area contributed by atoms with Gasteiger partial charge in [-0.3, -0.25) is 4.79 Å². The van der Waals surface area contributed by atoms with E-state index in [9.17, 15) is 9.90 Å². The molecule has 3 atom stereocenters. The van der Waals surface area contributed by atoms with Gasteiger partial charge in [0.15, 0.2) is 0 Å². The van der Waals surface area contributed by atoms with E-state index in [1.54, 1.807) is 0 Å². The van der Waals surface area contributed by atoms with Gasteiger partial charge in [-0.05, 0) is 36.3 Å². The van der Waals surface area contributed by atoms with E-state index in [4.69, 9.17) is 0 Å². The van der Waals surface area contributed by atoms with Gasteiger partial charge in [-0.15, -0.1) is 0 Å². The van der Waals surface area contributed by atoms with E-state index in [0.717, 1.165) is 56.1 Å². The minimum Gasteiger partial charge on any atom is -0.388 e. The SMILES string of the molecule is [CH2-]CC/C=C\C[C@H]1CCC(=O)[C@@H]1c1ccc(C(O)CCCCC)cc1.[Y]. The second kappa shape index (κ2) is 13.0. The van der Waals surface area contributed by atoms with Crippen molar-refractivity contribution >= 4 is 5.78 Å². The van der Waals surface area contributed by atoms with E-state index in [2.05, 4.69) is 38.1 Å². The minimum absolute atomic E-state index is 0. The van der Waals surface area contributed by atoms with Crippen LogP contribution >= 0.6 is 0 Å². The summed E-state index contributed by atoms with van der Waals surface area (Å²) in [6.07, 6.45) is 12.8. The topological polar surface area (TPSA) is 37.3 Å². The molecule has 0 aliphatic heterocycles. The Morgan fingerprint density at radius 2 is 1.96 bits per heavy atom. The van der Waals surface area contributed by atoms with Crippen LogP contribution in [0.3, 0.4) is 0 Å². The summed E-state index contributed by atoms with van der Waals surface area (Å²) in [5.41, 5.74) is 2.08. The maximum Gasteiger partial charge on any atom is 0.140 e. The van der Waals surface area contributed by atoms with Gasteiger partial charge in [-0.1, -0.05) is 69.0 Å². The first-order valence-corrected chi connectivity index (χ1v) is 9.92. The summed E-state index contributed by atoms with van der Waals surface area (Å²) < 4.78 is 0. The average Bonchev–Trinajstić information content (AvgIpc) is 2.99. The quantitative estimate of drug-likeness (QED) is 0.284. The zero-order valence-corrected chi connectivity index (χ0v) is 19.0. The van der Waals surface area contributed by atoms with Gasteiger partial charge in [0.2, 0.25) is 0 Å². The molecule has 1 aromatic carbocycles.